The Morgan fingerprint density at radius 1 is 1.26 bits per heavy atom. The van der Waals surface area contributed by atoms with E-state index in [0.717, 1.165) is 19.5 Å². The molecule has 1 N–H and O–H groups in total. The van der Waals surface area contributed by atoms with Crippen LogP contribution in [0.4, 0.5) is 18.9 Å². The minimum absolute atomic E-state index is 0.197. The summed E-state index contributed by atoms with van der Waals surface area (Å²) < 4.78 is 39.9. The summed E-state index contributed by atoms with van der Waals surface area (Å²) in [6, 6.07) is 4.63. The van der Waals surface area contributed by atoms with E-state index in [1.165, 1.54) is 6.07 Å². The lowest BCUT2D eigenvalue weighted by Gasteiger charge is -2.28. The SMILES string of the molecule is FC(F)(F)c1cc(Br)ccc1N1CC[C@H]2CNC[C@H]21. The third-order valence-electron chi connectivity index (χ3n) is 4.02. The standard InChI is InChI=1S/C13H14BrF3N2/c14-9-1-2-11(10(5-9)13(15,16)17)19-4-3-8-6-18-7-12(8)19/h1-2,5,8,12,18H,3-4,6-7H2/t8-,12+/m0/s1. The molecule has 0 aromatic heterocycles. The van der Waals surface area contributed by atoms with Crippen LogP contribution in [-0.4, -0.2) is 25.7 Å². The molecule has 0 amide bonds. The number of rotatable bonds is 1. The first-order valence-electron chi connectivity index (χ1n) is 6.31. The minimum atomic E-state index is -4.32. The van der Waals surface area contributed by atoms with Gasteiger partial charge in [-0.3, -0.25) is 0 Å². The van der Waals surface area contributed by atoms with Gasteiger partial charge in [-0.1, -0.05) is 15.9 Å². The first-order chi connectivity index (χ1) is 8.97. The normalized spacial score (nSPS) is 26.8. The minimum Gasteiger partial charge on any atom is -0.366 e. The van der Waals surface area contributed by atoms with E-state index in [9.17, 15) is 13.2 Å². The van der Waals surface area contributed by atoms with Gasteiger partial charge in [-0.2, -0.15) is 13.2 Å². The van der Waals surface area contributed by atoms with Crippen molar-refractivity contribution < 1.29 is 13.2 Å². The summed E-state index contributed by atoms with van der Waals surface area (Å²) in [4.78, 5) is 1.92. The largest absolute Gasteiger partial charge is 0.418 e. The summed E-state index contributed by atoms with van der Waals surface area (Å²) >= 11 is 3.12. The van der Waals surface area contributed by atoms with Crippen LogP contribution in [0.5, 0.6) is 0 Å². The molecule has 0 unspecified atom stereocenters. The first-order valence-corrected chi connectivity index (χ1v) is 7.10. The molecule has 0 saturated carbocycles. The quantitative estimate of drug-likeness (QED) is 0.848. The number of hydrogen-bond donors (Lipinski definition) is 1. The van der Waals surface area contributed by atoms with Gasteiger partial charge in [0.25, 0.3) is 0 Å². The number of halogens is 4. The molecule has 1 aromatic rings. The van der Waals surface area contributed by atoms with E-state index in [-0.39, 0.29) is 6.04 Å². The molecule has 2 atom stereocenters. The van der Waals surface area contributed by atoms with Gasteiger partial charge in [0.2, 0.25) is 0 Å². The highest BCUT2D eigenvalue weighted by atomic mass is 79.9. The van der Waals surface area contributed by atoms with Gasteiger partial charge in [0.05, 0.1) is 5.56 Å². The van der Waals surface area contributed by atoms with Crippen molar-refractivity contribution in [2.24, 2.45) is 5.92 Å². The number of fused-ring (bicyclic) bond motifs is 1. The Bertz CT molecular complexity index is 489. The van der Waals surface area contributed by atoms with Crippen molar-refractivity contribution in [1.29, 1.82) is 0 Å². The van der Waals surface area contributed by atoms with E-state index in [1.54, 1.807) is 12.1 Å². The number of alkyl halides is 3. The molecule has 0 spiro atoms. The number of hydrogen-bond acceptors (Lipinski definition) is 2. The van der Waals surface area contributed by atoms with Crippen LogP contribution in [0.2, 0.25) is 0 Å². The number of anilines is 1. The molecule has 19 heavy (non-hydrogen) atoms. The molecule has 2 aliphatic heterocycles. The van der Waals surface area contributed by atoms with Crippen LogP contribution < -0.4 is 10.2 Å². The number of benzene rings is 1. The molecule has 3 rings (SSSR count). The Morgan fingerprint density at radius 3 is 2.79 bits per heavy atom. The zero-order chi connectivity index (χ0) is 13.6. The van der Waals surface area contributed by atoms with Crippen LogP contribution >= 0.6 is 15.9 Å². The highest BCUT2D eigenvalue weighted by Crippen LogP contribution is 2.41. The maximum atomic E-state index is 13.2. The summed E-state index contributed by atoms with van der Waals surface area (Å²) in [5.41, 5.74) is -0.235. The molecular weight excluding hydrogens is 321 g/mol. The van der Waals surface area contributed by atoms with Crippen molar-refractivity contribution in [2.45, 2.75) is 18.6 Å². The lowest BCUT2D eigenvalue weighted by Crippen LogP contribution is -2.35. The van der Waals surface area contributed by atoms with Gasteiger partial charge in [0.1, 0.15) is 0 Å². The van der Waals surface area contributed by atoms with E-state index in [0.29, 0.717) is 22.6 Å². The fourth-order valence-corrected chi connectivity index (χ4v) is 3.50. The van der Waals surface area contributed by atoms with Crippen molar-refractivity contribution in [1.82, 2.24) is 5.32 Å². The topological polar surface area (TPSA) is 15.3 Å². The van der Waals surface area contributed by atoms with Crippen LogP contribution in [0, 0.1) is 5.92 Å². The Hall–Kier alpha value is -0.750. The third-order valence-corrected chi connectivity index (χ3v) is 4.51. The average molecular weight is 335 g/mol. The van der Waals surface area contributed by atoms with E-state index in [2.05, 4.69) is 21.2 Å². The van der Waals surface area contributed by atoms with Crippen LogP contribution in [0.15, 0.2) is 22.7 Å². The van der Waals surface area contributed by atoms with Crippen molar-refractivity contribution >= 4 is 21.6 Å². The summed E-state index contributed by atoms with van der Waals surface area (Å²) in [7, 11) is 0. The summed E-state index contributed by atoms with van der Waals surface area (Å²) in [5.74, 6) is 0.477. The second-order valence-electron chi connectivity index (χ2n) is 5.13. The summed E-state index contributed by atoms with van der Waals surface area (Å²) in [6.07, 6.45) is -3.35. The summed E-state index contributed by atoms with van der Waals surface area (Å²) in [6.45, 7) is 2.40. The molecule has 2 fully saturated rings. The van der Waals surface area contributed by atoms with Gasteiger partial charge >= 0.3 is 6.18 Å². The molecule has 104 valence electrons. The van der Waals surface area contributed by atoms with E-state index in [1.807, 2.05) is 4.90 Å². The van der Waals surface area contributed by atoms with Crippen molar-refractivity contribution in [3.05, 3.63) is 28.2 Å². The third kappa shape index (κ3) is 2.36. The highest BCUT2D eigenvalue weighted by Gasteiger charge is 2.42. The molecule has 0 radical (unpaired) electrons. The molecule has 2 saturated heterocycles. The van der Waals surface area contributed by atoms with Gasteiger partial charge in [-0.05, 0) is 30.5 Å². The van der Waals surface area contributed by atoms with Gasteiger partial charge in [-0.15, -0.1) is 0 Å². The Morgan fingerprint density at radius 2 is 2.05 bits per heavy atom. The Labute approximate surface area is 118 Å². The van der Waals surface area contributed by atoms with Crippen LogP contribution in [0.3, 0.4) is 0 Å². The van der Waals surface area contributed by atoms with Crippen LogP contribution in [0.1, 0.15) is 12.0 Å². The smallest absolute Gasteiger partial charge is 0.366 e. The molecule has 1 aromatic carbocycles. The van der Waals surface area contributed by atoms with E-state index < -0.39 is 11.7 Å². The number of nitrogens with zero attached hydrogens (tertiary/aromatic N) is 1. The van der Waals surface area contributed by atoms with Crippen molar-refractivity contribution in [2.75, 3.05) is 24.5 Å². The van der Waals surface area contributed by atoms with Crippen LogP contribution in [-0.2, 0) is 6.18 Å². The summed E-state index contributed by atoms with van der Waals surface area (Å²) in [5, 5.41) is 3.26. The predicted octanol–water partition coefficient (Wildman–Crippen LogP) is 3.27. The van der Waals surface area contributed by atoms with Gasteiger partial charge < -0.3 is 10.2 Å². The zero-order valence-corrected chi connectivity index (χ0v) is 11.8. The van der Waals surface area contributed by atoms with E-state index in [4.69, 9.17) is 0 Å². The molecule has 6 heteroatoms. The molecule has 0 aliphatic carbocycles. The van der Waals surface area contributed by atoms with E-state index >= 15 is 0 Å². The average Bonchev–Trinajstić information content (AvgIpc) is 2.90. The first kappa shape index (κ1) is 13.2. The van der Waals surface area contributed by atoms with Crippen molar-refractivity contribution in [3.8, 4) is 0 Å². The fourth-order valence-electron chi connectivity index (χ4n) is 3.13. The highest BCUT2D eigenvalue weighted by molar-refractivity contribution is 9.10. The molecule has 2 aliphatic rings. The molecule has 0 bridgehead atoms. The van der Waals surface area contributed by atoms with Gasteiger partial charge in [0, 0.05) is 35.8 Å². The zero-order valence-electron chi connectivity index (χ0n) is 10.2. The second kappa shape index (κ2) is 4.66. The lowest BCUT2D eigenvalue weighted by atomic mass is 10.0. The number of nitrogens with one attached hydrogen (secondary N) is 1. The molecule has 2 heterocycles. The molecule has 2 nitrogen and oxygen atoms in total. The molecular formula is C13H14BrF3N2. The maximum Gasteiger partial charge on any atom is 0.418 e. The Balaban J connectivity index is 2.00. The lowest BCUT2D eigenvalue weighted by molar-refractivity contribution is -0.137. The monoisotopic (exact) mass is 334 g/mol. The van der Waals surface area contributed by atoms with Gasteiger partial charge in [0.15, 0.2) is 0 Å². The van der Waals surface area contributed by atoms with Crippen molar-refractivity contribution in [3.63, 3.8) is 0 Å². The van der Waals surface area contributed by atoms with Crippen LogP contribution in [0.25, 0.3) is 0 Å². The predicted molar refractivity (Wildman–Crippen MR) is 71.3 cm³/mol. The Kier molecular flexibility index (Phi) is 3.25. The second-order valence-corrected chi connectivity index (χ2v) is 6.04. The maximum absolute atomic E-state index is 13.2. The fraction of sp³-hybridized carbons (Fsp3) is 0.538. The van der Waals surface area contributed by atoms with Gasteiger partial charge in [-0.25, -0.2) is 0 Å².